The molecule has 0 fully saturated rings. The van der Waals surface area contributed by atoms with Crippen LogP contribution in [0, 0.1) is 0 Å². The largest absolute Gasteiger partial charge is 0.481 e. The normalized spacial score (nSPS) is 10.2. The molecular formula is C14H18F2N4O3S. The van der Waals surface area contributed by atoms with Crippen molar-refractivity contribution in [1.29, 1.82) is 0 Å². The van der Waals surface area contributed by atoms with E-state index in [1.165, 1.54) is 17.8 Å². The van der Waals surface area contributed by atoms with Gasteiger partial charge in [-0.3, -0.25) is 4.79 Å². The van der Waals surface area contributed by atoms with E-state index >= 15 is 0 Å². The van der Waals surface area contributed by atoms with Crippen LogP contribution in [0.1, 0.15) is 18.3 Å². The number of benzene rings is 1. The Morgan fingerprint density at radius 2 is 2.12 bits per heavy atom. The van der Waals surface area contributed by atoms with Crippen LogP contribution >= 0.6 is 11.8 Å². The average molecular weight is 360 g/mol. The van der Waals surface area contributed by atoms with Crippen LogP contribution < -0.4 is 10.5 Å². The van der Waals surface area contributed by atoms with Gasteiger partial charge >= 0.3 is 6.61 Å². The third kappa shape index (κ3) is 6.92. The number of carboxylic acids is 1. The van der Waals surface area contributed by atoms with Gasteiger partial charge in [0.2, 0.25) is 0 Å². The highest BCUT2D eigenvalue weighted by Crippen LogP contribution is 2.24. The molecule has 2 aromatic rings. The van der Waals surface area contributed by atoms with E-state index in [2.05, 4.69) is 14.9 Å². The Morgan fingerprint density at radius 3 is 2.67 bits per heavy atom. The lowest BCUT2D eigenvalue weighted by atomic mass is 10.2. The van der Waals surface area contributed by atoms with Crippen molar-refractivity contribution in [2.45, 2.75) is 31.0 Å². The molecular weight excluding hydrogens is 342 g/mol. The van der Waals surface area contributed by atoms with Crippen LogP contribution in [0.3, 0.4) is 0 Å². The average Bonchev–Trinajstić information content (AvgIpc) is 2.84. The Balaban J connectivity index is 0.000000648. The minimum absolute atomic E-state index is 0.152. The maximum Gasteiger partial charge on any atom is 0.387 e. The molecule has 10 heteroatoms. The summed E-state index contributed by atoms with van der Waals surface area (Å²) in [6.07, 6.45) is 0. The van der Waals surface area contributed by atoms with Crippen LogP contribution in [0.5, 0.6) is 5.75 Å². The third-order valence-electron chi connectivity index (χ3n) is 2.60. The molecule has 2 rings (SSSR count). The summed E-state index contributed by atoms with van der Waals surface area (Å²) in [7, 11) is 1.83. The van der Waals surface area contributed by atoms with Crippen molar-refractivity contribution in [3.05, 3.63) is 35.7 Å². The molecule has 24 heavy (non-hydrogen) atoms. The fraction of sp³-hybridized carbons (Fsp3) is 0.357. The van der Waals surface area contributed by atoms with Gasteiger partial charge < -0.3 is 20.1 Å². The van der Waals surface area contributed by atoms with Crippen LogP contribution in [0.4, 0.5) is 8.78 Å². The summed E-state index contributed by atoms with van der Waals surface area (Å²) in [6, 6.07) is 6.59. The van der Waals surface area contributed by atoms with E-state index < -0.39 is 12.6 Å². The molecule has 3 N–H and O–H groups in total. The Morgan fingerprint density at radius 1 is 1.46 bits per heavy atom. The molecule has 1 aromatic heterocycles. The van der Waals surface area contributed by atoms with E-state index in [1.54, 1.807) is 12.1 Å². The Bertz CT molecular complexity index is 663. The molecule has 1 heterocycles. The molecule has 0 unspecified atom stereocenters. The van der Waals surface area contributed by atoms with Crippen molar-refractivity contribution in [3.63, 3.8) is 0 Å². The first kappa shape index (κ1) is 19.8. The summed E-state index contributed by atoms with van der Waals surface area (Å²) >= 11 is 1.45. The van der Waals surface area contributed by atoms with Crippen LogP contribution in [0.25, 0.3) is 0 Å². The van der Waals surface area contributed by atoms with Gasteiger partial charge in [0.25, 0.3) is 5.97 Å². The number of hydrogen-bond acceptors (Lipinski definition) is 6. The number of alkyl halides is 2. The first-order valence-electron chi connectivity index (χ1n) is 6.78. The number of aliphatic carboxylic acids is 1. The molecule has 0 bridgehead atoms. The SMILES string of the molecule is CC(=O)O.Cn1c(CN)nnc1SCc1cccc(OC(F)F)c1. The summed E-state index contributed by atoms with van der Waals surface area (Å²) in [5.41, 5.74) is 6.38. The molecule has 0 aliphatic carbocycles. The number of ether oxygens (including phenoxy) is 1. The number of thioether (sulfide) groups is 1. The highest BCUT2D eigenvalue weighted by Gasteiger charge is 2.09. The predicted octanol–water partition coefficient (Wildman–Crippen LogP) is 2.26. The van der Waals surface area contributed by atoms with Crippen molar-refractivity contribution >= 4 is 17.7 Å². The van der Waals surface area contributed by atoms with Gasteiger partial charge in [0.1, 0.15) is 11.6 Å². The topological polar surface area (TPSA) is 103 Å². The number of nitrogens with two attached hydrogens (primary N) is 1. The van der Waals surface area contributed by atoms with Gasteiger partial charge in [-0.2, -0.15) is 8.78 Å². The minimum Gasteiger partial charge on any atom is -0.481 e. The van der Waals surface area contributed by atoms with Crippen molar-refractivity contribution in [2.24, 2.45) is 12.8 Å². The number of halogens is 2. The lowest BCUT2D eigenvalue weighted by molar-refractivity contribution is -0.134. The van der Waals surface area contributed by atoms with Crippen LogP contribution in [-0.2, 0) is 24.1 Å². The van der Waals surface area contributed by atoms with Crippen molar-refractivity contribution in [1.82, 2.24) is 14.8 Å². The monoisotopic (exact) mass is 360 g/mol. The predicted molar refractivity (Wildman–Crippen MR) is 84.8 cm³/mol. The fourth-order valence-electron chi connectivity index (χ4n) is 1.61. The van der Waals surface area contributed by atoms with Gasteiger partial charge in [0, 0.05) is 19.7 Å². The molecule has 0 aliphatic heterocycles. The Hall–Kier alpha value is -2.20. The number of hydrogen-bond donors (Lipinski definition) is 2. The van der Waals surface area contributed by atoms with E-state index in [9.17, 15) is 8.78 Å². The zero-order valence-electron chi connectivity index (χ0n) is 13.1. The van der Waals surface area contributed by atoms with Crippen LogP contribution in [0.15, 0.2) is 29.4 Å². The van der Waals surface area contributed by atoms with E-state index in [1.807, 2.05) is 17.7 Å². The Kier molecular flexibility index (Phi) is 8.13. The standard InChI is InChI=1S/C12H14F2N4OS.C2H4O2/c1-18-10(6-15)16-17-12(18)20-7-8-3-2-4-9(5-8)19-11(13)14;1-2(3)4/h2-5,11H,6-7,15H2,1H3;1H3,(H,3,4). The summed E-state index contributed by atoms with van der Waals surface area (Å²) in [6.45, 7) is -1.41. The van der Waals surface area contributed by atoms with E-state index in [0.29, 0.717) is 18.1 Å². The van der Waals surface area contributed by atoms with E-state index in [-0.39, 0.29) is 5.75 Å². The first-order chi connectivity index (χ1) is 11.3. The highest BCUT2D eigenvalue weighted by atomic mass is 32.2. The molecule has 7 nitrogen and oxygen atoms in total. The van der Waals surface area contributed by atoms with Gasteiger partial charge in [-0.05, 0) is 17.7 Å². The van der Waals surface area contributed by atoms with Crippen LogP contribution in [0.2, 0.25) is 0 Å². The molecule has 132 valence electrons. The van der Waals surface area contributed by atoms with Crippen molar-refractivity contribution in [2.75, 3.05) is 0 Å². The lowest BCUT2D eigenvalue weighted by Gasteiger charge is -2.06. The number of carboxylic acid groups (broad SMARTS) is 1. The Labute approximate surface area is 141 Å². The molecule has 0 atom stereocenters. The van der Waals surface area contributed by atoms with Gasteiger partial charge in [0.15, 0.2) is 5.16 Å². The fourth-order valence-corrected chi connectivity index (χ4v) is 2.48. The quantitative estimate of drug-likeness (QED) is 0.762. The number of rotatable bonds is 6. The second-order valence-corrected chi connectivity index (χ2v) is 5.44. The van der Waals surface area contributed by atoms with Crippen molar-refractivity contribution < 1.29 is 23.4 Å². The summed E-state index contributed by atoms with van der Waals surface area (Å²) < 4.78 is 30.4. The maximum atomic E-state index is 12.1. The zero-order chi connectivity index (χ0) is 18.1. The molecule has 0 radical (unpaired) electrons. The maximum absolute atomic E-state index is 12.1. The third-order valence-corrected chi connectivity index (χ3v) is 3.69. The number of nitrogens with zero attached hydrogens (tertiary/aromatic N) is 3. The summed E-state index contributed by atoms with van der Waals surface area (Å²) in [5, 5.41) is 16.1. The molecule has 0 amide bonds. The first-order valence-corrected chi connectivity index (χ1v) is 7.76. The van der Waals surface area contributed by atoms with Gasteiger partial charge in [-0.25, -0.2) is 0 Å². The van der Waals surface area contributed by atoms with Gasteiger partial charge in [-0.15, -0.1) is 10.2 Å². The summed E-state index contributed by atoms with van der Waals surface area (Å²) in [5.74, 6) is 0.595. The molecule has 0 aliphatic rings. The van der Waals surface area contributed by atoms with Crippen LogP contribution in [-0.4, -0.2) is 32.5 Å². The second kappa shape index (κ2) is 9.83. The molecule has 1 aromatic carbocycles. The second-order valence-electron chi connectivity index (χ2n) is 4.50. The molecule has 0 spiro atoms. The number of carbonyl (C=O) groups is 1. The summed E-state index contributed by atoms with van der Waals surface area (Å²) in [4.78, 5) is 9.00. The van der Waals surface area contributed by atoms with E-state index in [4.69, 9.17) is 15.6 Å². The van der Waals surface area contributed by atoms with Crippen molar-refractivity contribution in [3.8, 4) is 5.75 Å². The molecule has 0 saturated heterocycles. The smallest absolute Gasteiger partial charge is 0.387 e. The number of aromatic nitrogens is 3. The zero-order valence-corrected chi connectivity index (χ0v) is 14.0. The van der Waals surface area contributed by atoms with Gasteiger partial charge in [0.05, 0.1) is 6.54 Å². The van der Waals surface area contributed by atoms with Gasteiger partial charge in [-0.1, -0.05) is 23.9 Å². The molecule has 0 saturated carbocycles. The van der Waals surface area contributed by atoms with E-state index in [0.717, 1.165) is 17.6 Å². The highest BCUT2D eigenvalue weighted by molar-refractivity contribution is 7.98. The minimum atomic E-state index is -2.82. The lowest BCUT2D eigenvalue weighted by Crippen LogP contribution is -2.05.